The van der Waals surface area contributed by atoms with E-state index in [0.29, 0.717) is 5.75 Å². The van der Waals surface area contributed by atoms with Gasteiger partial charge in [0.05, 0.1) is 12.4 Å². The number of nitrogens with two attached hydrogens (primary N) is 5. The third-order valence-electron chi connectivity index (χ3n) is 10.4. The van der Waals surface area contributed by atoms with Crippen molar-refractivity contribution in [1.82, 2.24) is 41.7 Å². The molecule has 24 nitrogen and oxygen atoms in total. The SMILES string of the molecule is CSCC[C@@H]1NC(=O)[C@H](NC(C)=O)C(C)(C)SSC[C@@H](C(N)=O)NC(=O)CN(C)C(=O)[C@H](CCCN=C(N)N)NC(=O)[C@H](CC(C)C)NC(=O)[C@H](CCCN=C(N)N)NC(=O)[C@@H]2CSCN2C1=O. The minimum absolute atomic E-state index is 0.0105. The number of nitrogens with zero attached hydrogens (tertiary/aromatic N) is 4. The molecule has 0 saturated carbocycles. The van der Waals surface area contributed by atoms with Gasteiger partial charge in [0, 0.05) is 43.3 Å². The van der Waals surface area contributed by atoms with Gasteiger partial charge in [0.2, 0.25) is 53.2 Å². The van der Waals surface area contributed by atoms with Gasteiger partial charge in [0.25, 0.3) is 0 Å². The molecule has 7 atom stereocenters. The molecule has 2 rings (SSSR count). The van der Waals surface area contributed by atoms with Crippen LogP contribution in [0.3, 0.4) is 0 Å². The van der Waals surface area contributed by atoms with Crippen LogP contribution in [0.25, 0.3) is 0 Å². The number of fused-ring (bicyclic) bond motifs is 1. The Hall–Kier alpha value is -4.83. The zero-order valence-electron chi connectivity index (χ0n) is 39.8. The van der Waals surface area contributed by atoms with Gasteiger partial charge in [-0.2, -0.15) is 11.8 Å². The Bertz CT molecular complexity index is 1850. The maximum Gasteiger partial charge on any atom is 0.246 e. The summed E-state index contributed by atoms with van der Waals surface area (Å²) in [5.74, 6) is -6.16. The molecule has 0 spiro atoms. The number of hydrogen-bond acceptors (Lipinski definition) is 15. The number of rotatable bonds is 15. The number of guanidine groups is 2. The molecule has 0 aromatic heterocycles. The van der Waals surface area contributed by atoms with E-state index in [-0.39, 0.29) is 86.8 Å². The Balaban J connectivity index is 2.72. The van der Waals surface area contributed by atoms with E-state index in [9.17, 15) is 43.2 Å². The summed E-state index contributed by atoms with van der Waals surface area (Å²) in [4.78, 5) is 134. The molecule has 0 radical (unpaired) electrons. The molecular weight excluding hydrogens is 963 g/mol. The predicted molar refractivity (Wildman–Crippen MR) is 268 cm³/mol. The van der Waals surface area contributed by atoms with E-state index in [1.54, 1.807) is 13.8 Å². The Morgan fingerprint density at radius 2 is 1.32 bits per heavy atom. The average molecular weight is 1030 g/mol. The molecule has 2 aliphatic heterocycles. The minimum Gasteiger partial charge on any atom is -0.370 e. The van der Waals surface area contributed by atoms with Crippen molar-refractivity contribution in [1.29, 1.82) is 0 Å². The van der Waals surface area contributed by atoms with Gasteiger partial charge in [0.1, 0.15) is 42.3 Å². The maximum atomic E-state index is 14.4. The topological polar surface area (TPSA) is 387 Å². The quantitative estimate of drug-likeness (QED) is 0.0334. The molecule has 28 heteroatoms. The van der Waals surface area contributed by atoms with Crippen LogP contribution in [0.4, 0.5) is 0 Å². The van der Waals surface area contributed by atoms with Gasteiger partial charge >= 0.3 is 0 Å². The van der Waals surface area contributed by atoms with Crippen LogP contribution < -0.4 is 60.6 Å². The molecule has 0 unspecified atom stereocenters. The molecule has 2 fully saturated rings. The number of carbonyl (C=O) groups excluding carboxylic acids is 9. The minimum atomic E-state index is -1.26. The van der Waals surface area contributed by atoms with E-state index in [0.717, 1.165) is 26.5 Å². The summed E-state index contributed by atoms with van der Waals surface area (Å²) in [5.41, 5.74) is 27.7. The van der Waals surface area contributed by atoms with Crippen LogP contribution in [-0.2, 0) is 43.2 Å². The third-order valence-corrected chi connectivity index (χ3v) is 15.4. The van der Waals surface area contributed by atoms with Crippen LogP contribution in [0, 0.1) is 5.92 Å². The number of likely N-dealkylation sites (N-methyl/N-ethyl adjacent to an activating group) is 1. The lowest BCUT2D eigenvalue weighted by Gasteiger charge is -2.35. The molecule has 384 valence electrons. The summed E-state index contributed by atoms with van der Waals surface area (Å²) >= 11 is 2.73. The van der Waals surface area contributed by atoms with Crippen LogP contribution in [-0.4, -0.2) is 178 Å². The molecule has 0 aromatic carbocycles. The molecule has 2 aliphatic rings. The number of primary amides is 1. The Labute approximate surface area is 414 Å². The summed E-state index contributed by atoms with van der Waals surface area (Å²) in [6.45, 7) is 7.88. The summed E-state index contributed by atoms with van der Waals surface area (Å²) in [7, 11) is 3.54. The van der Waals surface area contributed by atoms with E-state index in [1.165, 1.54) is 42.4 Å². The third kappa shape index (κ3) is 20.4. The highest BCUT2D eigenvalue weighted by Gasteiger charge is 2.43. The summed E-state index contributed by atoms with van der Waals surface area (Å²) in [6.07, 6.45) is 2.57. The summed E-state index contributed by atoms with van der Waals surface area (Å²) < 4.78 is -1.10. The van der Waals surface area contributed by atoms with Crippen molar-refractivity contribution in [2.75, 3.05) is 56.1 Å². The number of amides is 9. The van der Waals surface area contributed by atoms with Crippen LogP contribution in [0.2, 0.25) is 0 Å². The van der Waals surface area contributed by atoms with Crippen molar-refractivity contribution in [3.8, 4) is 0 Å². The fourth-order valence-corrected chi connectivity index (χ4v) is 11.4. The number of aliphatic imine (C=N–C) groups is 2. The molecular formula is C40H71N15O9S4. The molecule has 0 bridgehead atoms. The van der Waals surface area contributed by atoms with Gasteiger partial charge < -0.3 is 70.4 Å². The van der Waals surface area contributed by atoms with Gasteiger partial charge in [-0.3, -0.25) is 53.1 Å². The van der Waals surface area contributed by atoms with Crippen molar-refractivity contribution >= 4 is 110 Å². The number of hydrogen-bond donors (Lipinski definition) is 11. The smallest absolute Gasteiger partial charge is 0.246 e. The van der Waals surface area contributed by atoms with Crippen molar-refractivity contribution in [2.45, 2.75) is 120 Å². The molecule has 0 aliphatic carbocycles. The highest BCUT2D eigenvalue weighted by molar-refractivity contribution is 8.77. The van der Waals surface area contributed by atoms with Gasteiger partial charge in [-0.25, -0.2) is 0 Å². The maximum absolute atomic E-state index is 14.4. The van der Waals surface area contributed by atoms with Gasteiger partial charge in [-0.1, -0.05) is 35.4 Å². The summed E-state index contributed by atoms with van der Waals surface area (Å²) in [6, 6.07) is -8.39. The monoisotopic (exact) mass is 1030 g/mol. The fraction of sp³-hybridized carbons (Fsp3) is 0.725. The second-order valence-corrected chi connectivity index (χ2v) is 22.2. The Morgan fingerprint density at radius 1 is 0.779 bits per heavy atom. The highest BCUT2D eigenvalue weighted by atomic mass is 33.1. The first-order valence-corrected chi connectivity index (χ1v) is 26.9. The standard InChI is InChI=1S/C40H71N15O9S4/c1-21(2)16-26-33(60)51-24(11-9-14-47-39(44)45)36(63)54(6)17-29(57)49-27(31(41)58)18-67-68-40(4,5)30(48-22(3)56)35(62)52-25(12-15-65-7)37(64)55-20-66-19-28(55)34(61)50-23(32(59)53-26)10-8-13-46-38(42)43/h21,23-28,30H,8-20H2,1-7H3,(H2,41,58)(H,48,56)(H,49,57)(H,50,61)(H,51,60)(H,52,62)(H,53,59)(H4,42,43,46)(H4,44,45,47)/t23-,24-,25-,26-,27-,28-,30-/m0/s1. The largest absolute Gasteiger partial charge is 0.370 e. The zero-order chi connectivity index (χ0) is 51.3. The Morgan fingerprint density at radius 3 is 1.88 bits per heavy atom. The highest BCUT2D eigenvalue weighted by Crippen LogP contribution is 2.39. The molecule has 0 aromatic rings. The van der Waals surface area contributed by atoms with Gasteiger partial charge in [-0.05, 0) is 70.3 Å². The molecule has 16 N–H and O–H groups in total. The first-order valence-electron chi connectivity index (χ1n) is 22.0. The lowest BCUT2D eigenvalue weighted by atomic mass is 10.0. The molecule has 2 heterocycles. The first kappa shape index (κ1) is 59.3. The van der Waals surface area contributed by atoms with E-state index >= 15 is 0 Å². The zero-order valence-corrected chi connectivity index (χ0v) is 43.1. The second-order valence-electron chi connectivity index (χ2n) is 17.2. The van der Waals surface area contributed by atoms with E-state index in [4.69, 9.17) is 28.7 Å². The second kappa shape index (κ2) is 29.3. The lowest BCUT2D eigenvalue weighted by molar-refractivity contribution is -0.142. The van der Waals surface area contributed by atoms with E-state index in [1.807, 2.05) is 20.1 Å². The summed E-state index contributed by atoms with van der Waals surface area (Å²) in [5, 5.41) is 16.3. The van der Waals surface area contributed by atoms with Crippen molar-refractivity contribution in [3.63, 3.8) is 0 Å². The van der Waals surface area contributed by atoms with Gasteiger partial charge in [0.15, 0.2) is 11.9 Å². The Kier molecular flexibility index (Phi) is 25.5. The van der Waals surface area contributed by atoms with Crippen molar-refractivity contribution < 1.29 is 43.2 Å². The van der Waals surface area contributed by atoms with Crippen LogP contribution in [0.1, 0.15) is 73.1 Å². The van der Waals surface area contributed by atoms with E-state index < -0.39 is 107 Å². The molecule has 2 saturated heterocycles. The number of thioether (sulfide) groups is 2. The van der Waals surface area contributed by atoms with Crippen molar-refractivity contribution in [3.05, 3.63) is 0 Å². The van der Waals surface area contributed by atoms with Gasteiger partial charge in [-0.15, -0.1) is 11.8 Å². The van der Waals surface area contributed by atoms with Crippen LogP contribution in [0.5, 0.6) is 0 Å². The average Bonchev–Trinajstić information content (AvgIpc) is 3.74. The van der Waals surface area contributed by atoms with Crippen LogP contribution >= 0.6 is 45.1 Å². The first-order chi connectivity index (χ1) is 31.9. The lowest BCUT2D eigenvalue weighted by Crippen LogP contribution is -2.61. The number of nitrogens with one attached hydrogen (secondary N) is 6. The number of carbonyl (C=O) groups is 9. The van der Waals surface area contributed by atoms with E-state index in [2.05, 4.69) is 41.9 Å². The molecule has 68 heavy (non-hydrogen) atoms. The molecule has 9 amide bonds. The normalized spacial score (nSPS) is 25.2. The fourth-order valence-electron chi connectivity index (χ4n) is 6.93. The van der Waals surface area contributed by atoms with Crippen molar-refractivity contribution in [2.24, 2.45) is 44.6 Å². The predicted octanol–water partition coefficient (Wildman–Crippen LogP) is -3.16. The van der Waals surface area contributed by atoms with Crippen LogP contribution in [0.15, 0.2) is 9.98 Å².